The normalized spacial score (nSPS) is 17.2. The first-order chi connectivity index (χ1) is 10.3. The third-order valence-corrected chi connectivity index (χ3v) is 5.66. The summed E-state index contributed by atoms with van der Waals surface area (Å²) in [5.41, 5.74) is 2.86. The summed E-state index contributed by atoms with van der Waals surface area (Å²) in [4.78, 5) is 4.75. The Morgan fingerprint density at radius 1 is 1.19 bits per heavy atom. The maximum absolute atomic E-state index is 4.75. The van der Waals surface area contributed by atoms with Crippen LogP contribution in [0.3, 0.4) is 0 Å². The Labute approximate surface area is 131 Å². The smallest absolute Gasteiger partial charge is 0.107 e. The topological polar surface area (TPSA) is 24.9 Å². The van der Waals surface area contributed by atoms with Crippen molar-refractivity contribution in [2.75, 3.05) is 6.54 Å². The molecule has 2 aromatic rings. The number of aromatic nitrogens is 1. The van der Waals surface area contributed by atoms with Crippen LogP contribution in [0.15, 0.2) is 35.7 Å². The van der Waals surface area contributed by atoms with Gasteiger partial charge < -0.3 is 5.32 Å². The Morgan fingerprint density at radius 3 is 2.67 bits per heavy atom. The highest BCUT2D eigenvalue weighted by molar-refractivity contribution is 7.09. The lowest BCUT2D eigenvalue weighted by molar-refractivity contribution is 0.268. The summed E-state index contributed by atoms with van der Waals surface area (Å²) in [6, 6.07) is 10.4. The molecule has 1 aromatic carbocycles. The first kappa shape index (κ1) is 14.7. The summed E-state index contributed by atoms with van der Waals surface area (Å²) >= 11 is 1.76. The highest BCUT2D eigenvalue weighted by atomic mass is 32.1. The maximum Gasteiger partial charge on any atom is 0.107 e. The lowest BCUT2D eigenvalue weighted by Crippen LogP contribution is -2.31. The van der Waals surface area contributed by atoms with Gasteiger partial charge in [0.1, 0.15) is 5.01 Å². The molecule has 1 N–H and O–H groups in total. The van der Waals surface area contributed by atoms with Gasteiger partial charge in [-0.05, 0) is 24.7 Å². The summed E-state index contributed by atoms with van der Waals surface area (Å²) < 4.78 is 0. The predicted molar refractivity (Wildman–Crippen MR) is 90.4 cm³/mol. The van der Waals surface area contributed by atoms with Gasteiger partial charge in [-0.2, -0.15) is 0 Å². The van der Waals surface area contributed by atoms with E-state index in [1.165, 1.54) is 42.7 Å². The van der Waals surface area contributed by atoms with Gasteiger partial charge >= 0.3 is 0 Å². The van der Waals surface area contributed by atoms with Crippen LogP contribution in [0.5, 0.6) is 0 Å². The van der Waals surface area contributed by atoms with Crippen molar-refractivity contribution in [3.05, 3.63) is 40.7 Å². The van der Waals surface area contributed by atoms with Gasteiger partial charge in [0.15, 0.2) is 0 Å². The molecule has 0 unspecified atom stereocenters. The molecule has 1 aliphatic carbocycles. The molecule has 3 rings (SSSR count). The molecular formula is C18H24N2S. The average molecular weight is 300 g/mol. The Kier molecular flexibility index (Phi) is 4.71. The third kappa shape index (κ3) is 3.53. The third-order valence-electron chi connectivity index (χ3n) is 4.81. The number of hydrogen-bond acceptors (Lipinski definition) is 3. The van der Waals surface area contributed by atoms with E-state index in [2.05, 4.69) is 41.9 Å². The minimum Gasteiger partial charge on any atom is -0.310 e. The van der Waals surface area contributed by atoms with Gasteiger partial charge in [0.05, 0.1) is 5.69 Å². The molecule has 1 heterocycles. The molecule has 0 spiro atoms. The molecule has 2 nitrogen and oxygen atoms in total. The molecule has 0 amide bonds. The molecule has 1 aliphatic rings. The number of hydrogen-bond donors (Lipinski definition) is 1. The van der Waals surface area contributed by atoms with Crippen molar-refractivity contribution in [2.45, 2.75) is 45.6 Å². The van der Waals surface area contributed by atoms with E-state index in [4.69, 9.17) is 4.98 Å². The first-order valence-corrected chi connectivity index (χ1v) is 8.90. The molecule has 21 heavy (non-hydrogen) atoms. The van der Waals surface area contributed by atoms with E-state index in [0.29, 0.717) is 5.41 Å². The van der Waals surface area contributed by atoms with Gasteiger partial charge in [0.2, 0.25) is 0 Å². The summed E-state index contributed by atoms with van der Waals surface area (Å²) in [5, 5.41) is 7.00. The van der Waals surface area contributed by atoms with E-state index in [1.54, 1.807) is 11.3 Å². The van der Waals surface area contributed by atoms with Crippen LogP contribution in [-0.4, -0.2) is 11.5 Å². The molecule has 0 radical (unpaired) electrons. The van der Waals surface area contributed by atoms with Crippen molar-refractivity contribution in [3.63, 3.8) is 0 Å². The van der Waals surface area contributed by atoms with E-state index < -0.39 is 0 Å². The highest BCUT2D eigenvalue weighted by Crippen LogP contribution is 2.40. The lowest BCUT2D eigenvalue weighted by atomic mass is 9.83. The van der Waals surface area contributed by atoms with Crippen LogP contribution < -0.4 is 5.32 Å². The molecule has 0 saturated heterocycles. The summed E-state index contributed by atoms with van der Waals surface area (Å²) in [5.74, 6) is 0. The Bertz CT molecular complexity index is 556. The fourth-order valence-corrected chi connectivity index (χ4v) is 4.12. The highest BCUT2D eigenvalue weighted by Gasteiger charge is 2.31. The van der Waals surface area contributed by atoms with Crippen LogP contribution in [0.4, 0.5) is 0 Å². The number of rotatable bonds is 6. The number of benzene rings is 1. The Balaban J connectivity index is 1.56. The van der Waals surface area contributed by atoms with Gasteiger partial charge in [0, 0.05) is 24.0 Å². The van der Waals surface area contributed by atoms with Crippen molar-refractivity contribution >= 4 is 11.3 Å². The van der Waals surface area contributed by atoms with Crippen molar-refractivity contribution in [1.82, 2.24) is 10.3 Å². The summed E-state index contributed by atoms with van der Waals surface area (Å²) in [6.45, 7) is 4.38. The van der Waals surface area contributed by atoms with Crippen molar-refractivity contribution in [2.24, 2.45) is 5.41 Å². The summed E-state index contributed by atoms with van der Waals surface area (Å²) in [6.07, 6.45) is 6.90. The zero-order chi connectivity index (χ0) is 14.5. The van der Waals surface area contributed by atoms with Gasteiger partial charge in [-0.15, -0.1) is 11.3 Å². The largest absolute Gasteiger partial charge is 0.310 e. The fraction of sp³-hybridized carbons (Fsp3) is 0.500. The molecular weight excluding hydrogens is 276 g/mol. The minimum absolute atomic E-state index is 0.555. The molecule has 1 saturated carbocycles. The second kappa shape index (κ2) is 6.71. The Morgan fingerprint density at radius 2 is 1.95 bits per heavy atom. The van der Waals surface area contributed by atoms with Gasteiger partial charge in [0.25, 0.3) is 0 Å². The SMILES string of the molecule is CCC1(CNCc2nc(-c3ccccc3)cs2)CCCC1. The van der Waals surface area contributed by atoms with Crippen LogP contribution in [-0.2, 0) is 6.54 Å². The summed E-state index contributed by atoms with van der Waals surface area (Å²) in [7, 11) is 0. The molecule has 0 aliphatic heterocycles. The minimum atomic E-state index is 0.555. The number of nitrogens with zero attached hydrogens (tertiary/aromatic N) is 1. The maximum atomic E-state index is 4.75. The second-order valence-electron chi connectivity index (χ2n) is 6.16. The second-order valence-corrected chi connectivity index (χ2v) is 7.10. The zero-order valence-corrected chi connectivity index (χ0v) is 13.6. The van der Waals surface area contributed by atoms with Crippen molar-refractivity contribution in [1.29, 1.82) is 0 Å². The van der Waals surface area contributed by atoms with Gasteiger partial charge in [-0.25, -0.2) is 4.98 Å². The van der Waals surface area contributed by atoms with Gasteiger partial charge in [-0.3, -0.25) is 0 Å². The standard InChI is InChI=1S/C18H24N2S/c1-2-18(10-6-7-11-18)14-19-12-17-20-16(13-21-17)15-8-4-3-5-9-15/h3-5,8-9,13,19H,2,6-7,10-12,14H2,1H3. The molecule has 1 fully saturated rings. The first-order valence-electron chi connectivity index (χ1n) is 8.02. The van der Waals surface area contributed by atoms with Crippen LogP contribution in [0.25, 0.3) is 11.3 Å². The quantitative estimate of drug-likeness (QED) is 0.823. The van der Waals surface area contributed by atoms with Crippen molar-refractivity contribution in [3.8, 4) is 11.3 Å². The van der Waals surface area contributed by atoms with Crippen molar-refractivity contribution < 1.29 is 0 Å². The van der Waals surface area contributed by atoms with E-state index in [0.717, 1.165) is 18.8 Å². The number of nitrogens with one attached hydrogen (secondary N) is 1. The zero-order valence-electron chi connectivity index (χ0n) is 12.8. The molecule has 0 atom stereocenters. The monoisotopic (exact) mass is 300 g/mol. The lowest BCUT2D eigenvalue weighted by Gasteiger charge is -2.27. The predicted octanol–water partition coefficient (Wildman–Crippen LogP) is 4.87. The van der Waals surface area contributed by atoms with E-state index >= 15 is 0 Å². The van der Waals surface area contributed by atoms with Crippen LogP contribution in [0.1, 0.15) is 44.0 Å². The van der Waals surface area contributed by atoms with E-state index in [9.17, 15) is 0 Å². The molecule has 3 heteroatoms. The van der Waals surface area contributed by atoms with Crippen LogP contribution >= 0.6 is 11.3 Å². The fourth-order valence-electron chi connectivity index (χ4n) is 3.35. The van der Waals surface area contributed by atoms with Crippen LogP contribution in [0, 0.1) is 5.41 Å². The molecule has 0 bridgehead atoms. The van der Waals surface area contributed by atoms with Crippen LogP contribution in [0.2, 0.25) is 0 Å². The average Bonchev–Trinajstić information content (AvgIpc) is 3.18. The van der Waals surface area contributed by atoms with E-state index in [-0.39, 0.29) is 0 Å². The van der Waals surface area contributed by atoms with E-state index in [1.807, 2.05) is 6.07 Å². The Hall–Kier alpha value is -1.19. The number of thiazole rings is 1. The molecule has 1 aromatic heterocycles. The molecule has 112 valence electrons. The van der Waals surface area contributed by atoms with Gasteiger partial charge in [-0.1, -0.05) is 50.1 Å².